The molecular formula is C15H15F3O2. The van der Waals surface area contributed by atoms with Gasteiger partial charge in [0, 0.05) is 5.56 Å². The molecule has 2 heterocycles. The quantitative estimate of drug-likeness (QED) is 0.773. The number of rotatable bonds is 2. The van der Waals surface area contributed by atoms with Gasteiger partial charge in [0.15, 0.2) is 5.78 Å². The molecule has 0 spiro atoms. The van der Waals surface area contributed by atoms with Crippen molar-refractivity contribution in [2.75, 3.05) is 0 Å². The molecule has 0 aliphatic carbocycles. The third-order valence-corrected chi connectivity index (χ3v) is 4.26. The average molecular weight is 284 g/mol. The van der Waals surface area contributed by atoms with E-state index in [0.717, 1.165) is 25.0 Å². The number of hydrogen-bond donors (Lipinski definition) is 0. The number of fused-ring (bicyclic) bond motifs is 2. The van der Waals surface area contributed by atoms with Crippen LogP contribution in [0.25, 0.3) is 0 Å². The van der Waals surface area contributed by atoms with Crippen LogP contribution in [0, 0.1) is 12.8 Å². The Morgan fingerprint density at radius 3 is 2.55 bits per heavy atom. The molecule has 20 heavy (non-hydrogen) atoms. The van der Waals surface area contributed by atoms with E-state index in [1.165, 1.54) is 6.07 Å². The lowest BCUT2D eigenvalue weighted by Crippen LogP contribution is -2.26. The highest BCUT2D eigenvalue weighted by Crippen LogP contribution is 2.41. The molecule has 2 nitrogen and oxygen atoms in total. The number of benzene rings is 1. The largest absolute Gasteiger partial charge is 0.416 e. The third-order valence-electron chi connectivity index (χ3n) is 4.26. The van der Waals surface area contributed by atoms with E-state index >= 15 is 0 Å². The molecule has 0 aromatic heterocycles. The van der Waals surface area contributed by atoms with Crippen LogP contribution in [0.4, 0.5) is 13.2 Å². The zero-order chi connectivity index (χ0) is 14.5. The van der Waals surface area contributed by atoms with Crippen molar-refractivity contribution in [3.63, 3.8) is 0 Å². The fourth-order valence-electron chi connectivity index (χ4n) is 3.23. The Morgan fingerprint density at radius 2 is 2.05 bits per heavy atom. The van der Waals surface area contributed by atoms with Crippen molar-refractivity contribution in [2.24, 2.45) is 5.92 Å². The van der Waals surface area contributed by atoms with E-state index in [0.29, 0.717) is 17.5 Å². The summed E-state index contributed by atoms with van der Waals surface area (Å²) in [5.74, 6) is -0.271. The molecule has 1 aromatic rings. The van der Waals surface area contributed by atoms with Gasteiger partial charge in [-0.05, 0) is 43.9 Å². The van der Waals surface area contributed by atoms with Crippen LogP contribution in [0.2, 0.25) is 0 Å². The maximum atomic E-state index is 12.6. The van der Waals surface area contributed by atoms with Crippen molar-refractivity contribution in [3.8, 4) is 0 Å². The van der Waals surface area contributed by atoms with E-state index in [2.05, 4.69) is 0 Å². The molecule has 5 heteroatoms. The summed E-state index contributed by atoms with van der Waals surface area (Å²) in [5, 5.41) is 0. The molecule has 0 radical (unpaired) electrons. The van der Waals surface area contributed by atoms with Gasteiger partial charge in [-0.1, -0.05) is 6.07 Å². The van der Waals surface area contributed by atoms with Crippen molar-refractivity contribution < 1.29 is 22.7 Å². The monoisotopic (exact) mass is 284 g/mol. The Bertz CT molecular complexity index is 551. The molecule has 0 N–H and O–H groups in total. The molecule has 108 valence electrons. The zero-order valence-electron chi connectivity index (χ0n) is 11.0. The summed E-state index contributed by atoms with van der Waals surface area (Å²) < 4.78 is 43.5. The Labute approximate surface area is 114 Å². The van der Waals surface area contributed by atoms with Crippen LogP contribution < -0.4 is 0 Å². The molecule has 2 fully saturated rings. The average Bonchev–Trinajstić information content (AvgIpc) is 2.99. The number of Topliss-reactive ketones (excluding diaryl/α,β-unsaturated/α-hetero) is 1. The number of alkyl halides is 3. The van der Waals surface area contributed by atoms with E-state index in [4.69, 9.17) is 4.74 Å². The third kappa shape index (κ3) is 2.24. The molecule has 3 unspecified atom stereocenters. The minimum absolute atomic E-state index is 0.0470. The number of hydrogen-bond acceptors (Lipinski definition) is 2. The SMILES string of the molecule is Cc1cc(C(F)(F)F)ccc1C(=O)C1CC2CCC1O2. The van der Waals surface area contributed by atoms with Gasteiger partial charge < -0.3 is 4.74 Å². The van der Waals surface area contributed by atoms with Crippen molar-refractivity contribution in [1.29, 1.82) is 0 Å². The lowest BCUT2D eigenvalue weighted by Gasteiger charge is -2.19. The van der Waals surface area contributed by atoms with Crippen LogP contribution in [0.5, 0.6) is 0 Å². The lowest BCUT2D eigenvalue weighted by molar-refractivity contribution is -0.137. The predicted molar refractivity (Wildman–Crippen MR) is 66.5 cm³/mol. The second-order valence-corrected chi connectivity index (χ2v) is 5.61. The second-order valence-electron chi connectivity index (χ2n) is 5.61. The summed E-state index contributed by atoms with van der Waals surface area (Å²) in [6, 6.07) is 3.32. The van der Waals surface area contributed by atoms with Crippen LogP contribution in [-0.4, -0.2) is 18.0 Å². The normalized spacial score (nSPS) is 28.9. The summed E-state index contributed by atoms with van der Waals surface area (Å²) in [6.07, 6.45) is -1.70. The first-order chi connectivity index (χ1) is 9.36. The first-order valence-electron chi connectivity index (χ1n) is 6.74. The first-order valence-corrected chi connectivity index (χ1v) is 6.74. The molecule has 2 aliphatic rings. The molecule has 2 bridgehead atoms. The van der Waals surface area contributed by atoms with Crippen molar-refractivity contribution in [2.45, 2.75) is 44.6 Å². The number of aryl methyl sites for hydroxylation is 1. The van der Waals surface area contributed by atoms with E-state index in [1.807, 2.05) is 0 Å². The highest BCUT2D eigenvalue weighted by Gasteiger charge is 2.44. The number of ketones is 1. The molecular weight excluding hydrogens is 269 g/mol. The van der Waals surface area contributed by atoms with Crippen LogP contribution in [-0.2, 0) is 10.9 Å². The highest BCUT2D eigenvalue weighted by molar-refractivity contribution is 5.99. The Balaban J connectivity index is 1.85. The second kappa shape index (κ2) is 4.58. The van der Waals surface area contributed by atoms with E-state index in [9.17, 15) is 18.0 Å². The van der Waals surface area contributed by atoms with Gasteiger partial charge in [0.2, 0.25) is 0 Å². The topological polar surface area (TPSA) is 26.3 Å². The molecule has 0 amide bonds. The predicted octanol–water partition coefficient (Wildman–Crippen LogP) is 3.76. The smallest absolute Gasteiger partial charge is 0.374 e. The maximum absolute atomic E-state index is 12.6. The van der Waals surface area contributed by atoms with E-state index in [1.54, 1.807) is 6.92 Å². The number of halogens is 3. The van der Waals surface area contributed by atoms with Crippen LogP contribution in [0.15, 0.2) is 18.2 Å². The molecule has 3 rings (SSSR count). The highest BCUT2D eigenvalue weighted by atomic mass is 19.4. The van der Waals surface area contributed by atoms with Gasteiger partial charge in [-0.3, -0.25) is 4.79 Å². The van der Waals surface area contributed by atoms with Crippen LogP contribution in [0.3, 0.4) is 0 Å². The molecule has 3 atom stereocenters. The first kappa shape index (κ1) is 13.6. The molecule has 1 aromatic carbocycles. The fourth-order valence-corrected chi connectivity index (χ4v) is 3.23. The number of carbonyl (C=O) groups excluding carboxylic acids is 1. The Hall–Kier alpha value is -1.36. The van der Waals surface area contributed by atoms with Crippen molar-refractivity contribution in [3.05, 3.63) is 34.9 Å². The van der Waals surface area contributed by atoms with Crippen LogP contribution >= 0.6 is 0 Å². The molecule has 2 aliphatic heterocycles. The van der Waals surface area contributed by atoms with Gasteiger partial charge in [-0.15, -0.1) is 0 Å². The standard InChI is InChI=1S/C15H15F3O2/c1-8-6-9(15(16,17)18)2-4-11(8)14(19)12-7-10-3-5-13(12)20-10/h2,4,6,10,12-13H,3,5,7H2,1H3. The summed E-state index contributed by atoms with van der Waals surface area (Å²) in [5.41, 5.74) is 0.0579. The van der Waals surface area contributed by atoms with Gasteiger partial charge in [0.25, 0.3) is 0 Å². The minimum atomic E-state index is -4.37. The summed E-state index contributed by atoms with van der Waals surface area (Å²) >= 11 is 0. The fraction of sp³-hybridized carbons (Fsp3) is 0.533. The number of carbonyl (C=O) groups is 1. The summed E-state index contributed by atoms with van der Waals surface area (Å²) in [6.45, 7) is 1.55. The van der Waals surface area contributed by atoms with Gasteiger partial charge in [-0.2, -0.15) is 13.2 Å². The zero-order valence-corrected chi connectivity index (χ0v) is 11.0. The number of ether oxygens (including phenoxy) is 1. The van der Waals surface area contributed by atoms with Gasteiger partial charge in [0.05, 0.1) is 23.7 Å². The van der Waals surface area contributed by atoms with E-state index < -0.39 is 11.7 Å². The summed E-state index contributed by atoms with van der Waals surface area (Å²) in [4.78, 5) is 12.5. The van der Waals surface area contributed by atoms with Gasteiger partial charge in [-0.25, -0.2) is 0 Å². The van der Waals surface area contributed by atoms with E-state index in [-0.39, 0.29) is 23.9 Å². The maximum Gasteiger partial charge on any atom is 0.416 e. The van der Waals surface area contributed by atoms with Crippen molar-refractivity contribution in [1.82, 2.24) is 0 Å². The minimum Gasteiger partial charge on any atom is -0.374 e. The molecule has 2 saturated heterocycles. The van der Waals surface area contributed by atoms with Crippen LogP contribution in [0.1, 0.15) is 40.7 Å². The van der Waals surface area contributed by atoms with Crippen molar-refractivity contribution >= 4 is 5.78 Å². The summed E-state index contributed by atoms with van der Waals surface area (Å²) in [7, 11) is 0. The lowest BCUT2D eigenvalue weighted by atomic mass is 9.82. The molecule has 0 saturated carbocycles. The van der Waals surface area contributed by atoms with Gasteiger partial charge in [0.1, 0.15) is 0 Å². The Kier molecular flexibility index (Phi) is 3.12. The van der Waals surface area contributed by atoms with Gasteiger partial charge >= 0.3 is 6.18 Å². The Morgan fingerprint density at radius 1 is 1.30 bits per heavy atom.